The van der Waals surface area contributed by atoms with Gasteiger partial charge in [0.2, 0.25) is 11.8 Å². The number of amides is 2. The summed E-state index contributed by atoms with van der Waals surface area (Å²) in [6.07, 6.45) is 0.193. The van der Waals surface area contributed by atoms with Gasteiger partial charge in [0.25, 0.3) is 0 Å². The Morgan fingerprint density at radius 3 is 2.56 bits per heavy atom. The lowest BCUT2D eigenvalue weighted by molar-refractivity contribution is -0.161. The summed E-state index contributed by atoms with van der Waals surface area (Å²) < 4.78 is 24.9. The zero-order chi connectivity index (χ0) is 23.1. The number of benzene rings is 2. The highest BCUT2D eigenvalue weighted by Gasteiger charge is 2.40. The minimum Gasteiger partial charge on any atom is -0.490 e. The first-order valence-corrected chi connectivity index (χ1v) is 10.7. The van der Waals surface area contributed by atoms with Gasteiger partial charge in [0.1, 0.15) is 23.8 Å². The number of halogens is 2. The third-order valence-electron chi connectivity index (χ3n) is 5.34. The Labute approximate surface area is 191 Å². The number of rotatable bonds is 9. The van der Waals surface area contributed by atoms with E-state index in [-0.39, 0.29) is 44.3 Å². The highest BCUT2D eigenvalue weighted by atomic mass is 35.5. The van der Waals surface area contributed by atoms with E-state index in [2.05, 4.69) is 0 Å². The fourth-order valence-corrected chi connectivity index (χ4v) is 3.74. The standard InChI is InChI=1S/C23H27ClFN3O4/c1-27(19-6-4-18(25)5-7-19)11-10-22(30)28-12-13-32-23(15-28,14-21(26)29)16-31-20-8-2-17(24)3-9-20/h2-9H,10-16H2,1H3,(H2,26,29)/t23-/m1/s1. The molecular formula is C23H27ClFN3O4. The van der Waals surface area contributed by atoms with Gasteiger partial charge in [-0.05, 0) is 48.5 Å². The normalized spacial score (nSPS) is 18.3. The van der Waals surface area contributed by atoms with E-state index in [1.165, 1.54) is 12.1 Å². The predicted molar refractivity (Wildman–Crippen MR) is 120 cm³/mol. The van der Waals surface area contributed by atoms with Crippen molar-refractivity contribution < 1.29 is 23.5 Å². The molecule has 0 aromatic heterocycles. The van der Waals surface area contributed by atoms with Gasteiger partial charge in [0.15, 0.2) is 0 Å². The molecule has 1 saturated heterocycles. The van der Waals surface area contributed by atoms with E-state index in [1.54, 1.807) is 41.3 Å². The number of primary amides is 1. The lowest BCUT2D eigenvalue weighted by Gasteiger charge is -2.42. The number of hydrogen-bond donors (Lipinski definition) is 1. The number of nitrogens with two attached hydrogens (primary N) is 1. The van der Waals surface area contributed by atoms with E-state index in [0.717, 1.165) is 5.69 Å². The molecule has 32 heavy (non-hydrogen) atoms. The molecule has 1 aliphatic heterocycles. The van der Waals surface area contributed by atoms with Gasteiger partial charge in [-0.2, -0.15) is 0 Å². The van der Waals surface area contributed by atoms with Crippen molar-refractivity contribution in [1.82, 2.24) is 4.90 Å². The summed E-state index contributed by atoms with van der Waals surface area (Å²) in [7, 11) is 1.84. The molecule has 9 heteroatoms. The number of nitrogens with zero attached hydrogens (tertiary/aromatic N) is 2. The number of carbonyl (C=O) groups excluding carboxylic acids is 2. The van der Waals surface area contributed by atoms with Gasteiger partial charge in [-0.1, -0.05) is 11.6 Å². The lowest BCUT2D eigenvalue weighted by atomic mass is 9.97. The zero-order valence-electron chi connectivity index (χ0n) is 17.9. The van der Waals surface area contributed by atoms with Gasteiger partial charge in [-0.25, -0.2) is 4.39 Å². The number of ether oxygens (including phenoxy) is 2. The van der Waals surface area contributed by atoms with Gasteiger partial charge in [-0.3, -0.25) is 9.59 Å². The second-order valence-corrected chi connectivity index (χ2v) is 8.32. The van der Waals surface area contributed by atoms with Gasteiger partial charge < -0.3 is 25.0 Å². The van der Waals surface area contributed by atoms with Crippen LogP contribution in [0, 0.1) is 5.82 Å². The van der Waals surface area contributed by atoms with E-state index in [0.29, 0.717) is 23.9 Å². The molecule has 7 nitrogen and oxygen atoms in total. The molecule has 0 radical (unpaired) electrons. The molecule has 2 aromatic carbocycles. The topological polar surface area (TPSA) is 85.1 Å². The Hall–Kier alpha value is -2.84. The SMILES string of the molecule is CN(CCC(=O)N1CCO[C@](COc2ccc(Cl)cc2)(CC(N)=O)C1)c1ccc(F)cc1. The van der Waals surface area contributed by atoms with E-state index in [9.17, 15) is 14.0 Å². The minimum absolute atomic E-state index is 0.0663. The lowest BCUT2D eigenvalue weighted by Crippen LogP contribution is -2.58. The maximum absolute atomic E-state index is 13.1. The Morgan fingerprint density at radius 2 is 1.91 bits per heavy atom. The van der Waals surface area contributed by atoms with Crippen LogP contribution in [0.3, 0.4) is 0 Å². The Morgan fingerprint density at radius 1 is 1.22 bits per heavy atom. The first-order chi connectivity index (χ1) is 15.3. The predicted octanol–water partition coefficient (Wildman–Crippen LogP) is 2.86. The largest absolute Gasteiger partial charge is 0.490 e. The van der Waals surface area contributed by atoms with Gasteiger partial charge in [0, 0.05) is 37.3 Å². The Bertz CT molecular complexity index is 926. The van der Waals surface area contributed by atoms with Crippen molar-refractivity contribution in [3.63, 3.8) is 0 Å². The third kappa shape index (κ3) is 6.58. The second kappa shape index (κ2) is 10.7. The van der Waals surface area contributed by atoms with Gasteiger partial charge in [0.05, 0.1) is 19.6 Å². The van der Waals surface area contributed by atoms with E-state index in [1.807, 2.05) is 11.9 Å². The molecule has 0 spiro atoms. The molecule has 0 saturated carbocycles. The highest BCUT2D eigenvalue weighted by molar-refractivity contribution is 6.30. The number of anilines is 1. The molecule has 1 heterocycles. The Kier molecular flexibility index (Phi) is 7.93. The third-order valence-corrected chi connectivity index (χ3v) is 5.59. The second-order valence-electron chi connectivity index (χ2n) is 7.88. The summed E-state index contributed by atoms with van der Waals surface area (Å²) in [5.74, 6) is -0.331. The van der Waals surface area contributed by atoms with Crippen molar-refractivity contribution >= 4 is 29.1 Å². The maximum Gasteiger partial charge on any atom is 0.224 e. The summed E-state index contributed by atoms with van der Waals surface area (Å²) in [5.41, 5.74) is 5.26. The van der Waals surface area contributed by atoms with Crippen LogP contribution in [0.4, 0.5) is 10.1 Å². The van der Waals surface area contributed by atoms with Crippen LogP contribution in [-0.4, -0.2) is 62.2 Å². The number of morpholine rings is 1. The molecule has 1 atom stereocenters. The fourth-order valence-electron chi connectivity index (χ4n) is 3.61. The van der Waals surface area contributed by atoms with Crippen LogP contribution in [0.25, 0.3) is 0 Å². The van der Waals surface area contributed by atoms with E-state index < -0.39 is 11.5 Å². The molecule has 1 fully saturated rings. The maximum atomic E-state index is 13.1. The monoisotopic (exact) mass is 463 g/mol. The summed E-state index contributed by atoms with van der Waals surface area (Å²) in [6, 6.07) is 12.9. The first kappa shape index (κ1) is 23.8. The van der Waals surface area contributed by atoms with Crippen LogP contribution >= 0.6 is 11.6 Å². The molecule has 0 aliphatic carbocycles. The average molecular weight is 464 g/mol. The first-order valence-electron chi connectivity index (χ1n) is 10.3. The summed E-state index contributed by atoms with van der Waals surface area (Å²) in [5, 5.41) is 0.584. The quantitative estimate of drug-likeness (QED) is 0.618. The van der Waals surface area contributed by atoms with Gasteiger partial charge in [-0.15, -0.1) is 0 Å². The Balaban J connectivity index is 1.61. The van der Waals surface area contributed by atoms with E-state index >= 15 is 0 Å². The summed E-state index contributed by atoms with van der Waals surface area (Å²) in [6.45, 7) is 1.42. The van der Waals surface area contributed by atoms with Gasteiger partial charge >= 0.3 is 0 Å². The van der Waals surface area contributed by atoms with Crippen LogP contribution in [0.15, 0.2) is 48.5 Å². The highest BCUT2D eigenvalue weighted by Crippen LogP contribution is 2.25. The smallest absolute Gasteiger partial charge is 0.224 e. The van der Waals surface area contributed by atoms with Crippen LogP contribution in [0.2, 0.25) is 5.02 Å². The molecule has 2 aromatic rings. The number of hydrogen-bond acceptors (Lipinski definition) is 5. The average Bonchev–Trinajstić information content (AvgIpc) is 2.77. The molecule has 2 amide bonds. The van der Waals surface area contributed by atoms with Crippen LogP contribution < -0.4 is 15.4 Å². The van der Waals surface area contributed by atoms with Crippen molar-refractivity contribution in [2.24, 2.45) is 5.73 Å². The van der Waals surface area contributed by atoms with Crippen LogP contribution in [0.5, 0.6) is 5.75 Å². The molecule has 3 rings (SSSR count). The van der Waals surface area contributed by atoms with Crippen molar-refractivity contribution in [1.29, 1.82) is 0 Å². The molecule has 0 unspecified atom stereocenters. The molecular weight excluding hydrogens is 437 g/mol. The van der Waals surface area contributed by atoms with Crippen molar-refractivity contribution in [3.05, 3.63) is 59.4 Å². The zero-order valence-corrected chi connectivity index (χ0v) is 18.7. The molecule has 0 bridgehead atoms. The van der Waals surface area contributed by atoms with Crippen LogP contribution in [-0.2, 0) is 14.3 Å². The van der Waals surface area contributed by atoms with Crippen LogP contribution in [0.1, 0.15) is 12.8 Å². The minimum atomic E-state index is -1.03. The van der Waals surface area contributed by atoms with Crippen molar-refractivity contribution in [3.8, 4) is 5.75 Å². The summed E-state index contributed by atoms with van der Waals surface area (Å²) >= 11 is 5.90. The summed E-state index contributed by atoms with van der Waals surface area (Å²) in [4.78, 5) is 28.2. The number of carbonyl (C=O) groups is 2. The molecule has 2 N–H and O–H groups in total. The van der Waals surface area contributed by atoms with E-state index in [4.69, 9.17) is 26.8 Å². The van der Waals surface area contributed by atoms with Crippen molar-refractivity contribution in [2.45, 2.75) is 18.4 Å². The van der Waals surface area contributed by atoms with Crippen molar-refractivity contribution in [2.75, 3.05) is 44.8 Å². The molecule has 172 valence electrons. The molecule has 1 aliphatic rings. The fraction of sp³-hybridized carbons (Fsp3) is 0.391.